The largest absolute Gasteiger partial charge is 0.489 e. The molecule has 2 aromatic heterocycles. The second-order valence-electron chi connectivity index (χ2n) is 17.1. The summed E-state index contributed by atoms with van der Waals surface area (Å²) in [5, 5.41) is 20.6. The van der Waals surface area contributed by atoms with Crippen LogP contribution in [0.2, 0.25) is 5.02 Å². The van der Waals surface area contributed by atoms with Gasteiger partial charge >= 0.3 is 0 Å². The van der Waals surface area contributed by atoms with Crippen LogP contribution in [0.5, 0.6) is 5.75 Å². The number of hydrogen-bond donors (Lipinski definition) is 2. The molecule has 2 N–H and O–H groups in total. The summed E-state index contributed by atoms with van der Waals surface area (Å²) in [6, 6.07) is 11.9. The maximum atomic E-state index is 13.4. The second kappa shape index (κ2) is 15.3. The Balaban J connectivity index is 0.812. The molecular formula is C42H47ClN10O5. The molecule has 1 aliphatic carbocycles. The van der Waals surface area contributed by atoms with E-state index in [0.29, 0.717) is 44.5 Å². The number of fused-ring (bicyclic) bond motifs is 1. The number of ether oxygens (including phenoxy) is 1. The van der Waals surface area contributed by atoms with E-state index in [1.54, 1.807) is 42.9 Å². The zero-order chi connectivity index (χ0) is 40.9. The normalized spacial score (nSPS) is 24.2. The van der Waals surface area contributed by atoms with Gasteiger partial charge < -0.3 is 19.9 Å². The molecule has 3 aliphatic heterocycles. The molecule has 8 rings (SSSR count). The van der Waals surface area contributed by atoms with E-state index < -0.39 is 11.9 Å². The van der Waals surface area contributed by atoms with Crippen molar-refractivity contribution < 1.29 is 19.1 Å². The first-order chi connectivity index (χ1) is 27.7. The predicted molar refractivity (Wildman–Crippen MR) is 218 cm³/mol. The summed E-state index contributed by atoms with van der Waals surface area (Å²) in [5.41, 5.74) is 0.702. The number of anilines is 2. The van der Waals surface area contributed by atoms with Gasteiger partial charge in [-0.15, -0.1) is 0 Å². The summed E-state index contributed by atoms with van der Waals surface area (Å²) in [7, 11) is 0. The van der Waals surface area contributed by atoms with Crippen molar-refractivity contribution in [2.45, 2.75) is 65.1 Å². The molecule has 4 aromatic rings. The molecular weight excluding hydrogens is 760 g/mol. The van der Waals surface area contributed by atoms with Crippen LogP contribution >= 0.6 is 11.6 Å². The monoisotopic (exact) mass is 806 g/mol. The first-order valence-electron chi connectivity index (χ1n) is 19.8. The molecule has 2 aromatic carbocycles. The van der Waals surface area contributed by atoms with Crippen molar-refractivity contribution in [2.75, 3.05) is 55.6 Å². The first-order valence-corrected chi connectivity index (χ1v) is 20.2. The van der Waals surface area contributed by atoms with Crippen LogP contribution in [-0.2, 0) is 9.59 Å². The molecule has 0 radical (unpaired) electrons. The number of carbonyl (C=O) groups is 3. The van der Waals surface area contributed by atoms with Gasteiger partial charge in [-0.1, -0.05) is 39.3 Å². The van der Waals surface area contributed by atoms with Crippen LogP contribution in [0.3, 0.4) is 0 Å². The van der Waals surface area contributed by atoms with Crippen molar-refractivity contribution in [3.63, 3.8) is 0 Å². The zero-order valence-corrected chi connectivity index (χ0v) is 33.8. The summed E-state index contributed by atoms with van der Waals surface area (Å²) >= 11 is 6.24. The molecule has 302 valence electrons. The van der Waals surface area contributed by atoms with Crippen molar-refractivity contribution in [3.8, 4) is 11.8 Å². The fourth-order valence-corrected chi connectivity index (χ4v) is 9.83. The molecule has 3 amide bonds. The van der Waals surface area contributed by atoms with Crippen LogP contribution in [0, 0.1) is 28.1 Å². The third-order valence-electron chi connectivity index (χ3n) is 12.5. The number of benzene rings is 2. The summed E-state index contributed by atoms with van der Waals surface area (Å²) in [5.74, 6) is 0.610. The number of carbonyl (C=O) groups excluding carboxylic acids is 3. The van der Waals surface area contributed by atoms with Crippen LogP contribution in [0.4, 0.5) is 11.6 Å². The zero-order valence-electron chi connectivity index (χ0n) is 33.1. The number of nitrogens with one attached hydrogen (secondary N) is 2. The molecule has 0 spiro atoms. The average molecular weight is 807 g/mol. The fourth-order valence-electron chi connectivity index (χ4n) is 9.62. The van der Waals surface area contributed by atoms with Crippen molar-refractivity contribution in [1.82, 2.24) is 35.3 Å². The Labute approximate surface area is 341 Å². The summed E-state index contributed by atoms with van der Waals surface area (Å²) in [6.07, 6.45) is 6.08. The van der Waals surface area contributed by atoms with Crippen molar-refractivity contribution in [2.24, 2.45) is 16.7 Å². The number of piperidine rings is 1. The van der Waals surface area contributed by atoms with E-state index in [4.69, 9.17) is 16.3 Å². The Morgan fingerprint density at radius 3 is 2.40 bits per heavy atom. The molecule has 1 unspecified atom stereocenters. The summed E-state index contributed by atoms with van der Waals surface area (Å²) in [6.45, 7) is 14.5. The SMILES string of the molecule is CC1(C)[C@H](NC(=O)c2cnc(N3CC[C@H](CN4CCN(c5ccc6c(=O)n(C7CCC(=O)NC7=O)ncc6c5)CC4)C3)nc2)C(C)(C)[C@H]1Oc1ccc(C#N)c(Cl)c1. The highest BCUT2D eigenvalue weighted by molar-refractivity contribution is 6.31. The Morgan fingerprint density at radius 1 is 0.966 bits per heavy atom. The topological polar surface area (TPSA) is 179 Å². The number of halogens is 1. The van der Waals surface area contributed by atoms with Crippen molar-refractivity contribution in [3.05, 3.63) is 81.5 Å². The van der Waals surface area contributed by atoms with Crippen LogP contribution in [0.25, 0.3) is 10.8 Å². The Morgan fingerprint density at radius 2 is 1.71 bits per heavy atom. The lowest BCUT2D eigenvalue weighted by Crippen LogP contribution is -2.74. The number of amides is 3. The third kappa shape index (κ3) is 7.35. The lowest BCUT2D eigenvalue weighted by Gasteiger charge is -2.63. The number of nitrogens with zero attached hydrogens (tertiary/aromatic N) is 8. The highest BCUT2D eigenvalue weighted by atomic mass is 35.5. The van der Waals surface area contributed by atoms with Gasteiger partial charge in [-0.2, -0.15) is 10.4 Å². The number of piperazine rings is 1. The highest BCUT2D eigenvalue weighted by Gasteiger charge is 2.64. The quantitative estimate of drug-likeness (QED) is 0.233. The molecule has 4 fully saturated rings. The predicted octanol–water partition coefficient (Wildman–Crippen LogP) is 3.95. The van der Waals surface area contributed by atoms with E-state index in [1.807, 2.05) is 12.1 Å². The van der Waals surface area contributed by atoms with Gasteiger partial charge in [0.2, 0.25) is 11.9 Å². The molecule has 15 nitrogen and oxygen atoms in total. The molecule has 58 heavy (non-hydrogen) atoms. The Hall–Kier alpha value is -5.59. The standard InChI is InChI=1S/C42H47ClN10O5/c1-41(2)38(42(3,4)39(41)58-30-7-5-26(19-44)32(43)18-30)49-35(55)28-20-45-40(46-21-28)52-12-11-25(24-52)23-50-13-15-51(16-14-50)29-6-8-31-27(17-29)22-47-53(37(31)57)33-9-10-34(54)48-36(33)56/h5-8,17-18,20-22,25,33,38-39H,9-16,23-24H2,1-4H3,(H,49,55)(H,48,54,56)/t25-,33?,38-,39-/m1/s1. The molecule has 2 atom stereocenters. The van der Waals surface area contributed by atoms with Gasteiger partial charge in [-0.05, 0) is 49.1 Å². The van der Waals surface area contributed by atoms with E-state index in [2.05, 4.69) is 74.2 Å². The Kier molecular flexibility index (Phi) is 10.4. The molecule has 5 heterocycles. The van der Waals surface area contributed by atoms with Gasteiger partial charge in [-0.3, -0.25) is 29.4 Å². The van der Waals surface area contributed by atoms with Crippen LogP contribution < -0.4 is 30.7 Å². The number of aromatic nitrogens is 4. The van der Waals surface area contributed by atoms with Gasteiger partial charge in [0.25, 0.3) is 17.4 Å². The van der Waals surface area contributed by atoms with Crippen molar-refractivity contribution in [1.29, 1.82) is 5.26 Å². The van der Waals surface area contributed by atoms with Gasteiger partial charge in [0.05, 0.1) is 27.7 Å². The highest BCUT2D eigenvalue weighted by Crippen LogP contribution is 2.55. The minimum absolute atomic E-state index is 0.176. The molecule has 3 saturated heterocycles. The molecule has 4 aliphatic rings. The molecule has 16 heteroatoms. The minimum Gasteiger partial charge on any atom is -0.489 e. The lowest BCUT2D eigenvalue weighted by atomic mass is 9.49. The Bertz CT molecular complexity index is 2350. The number of nitriles is 1. The van der Waals surface area contributed by atoms with Crippen LogP contribution in [0.15, 0.2) is 59.8 Å². The minimum atomic E-state index is -0.792. The molecule has 1 saturated carbocycles. The van der Waals surface area contributed by atoms with Gasteiger partial charge in [0, 0.05) is 98.6 Å². The lowest BCUT2D eigenvalue weighted by molar-refractivity contribution is -0.164. The smallest absolute Gasteiger partial charge is 0.275 e. The first kappa shape index (κ1) is 39.2. The molecule has 0 bridgehead atoms. The van der Waals surface area contributed by atoms with E-state index in [1.165, 1.54) is 4.68 Å². The van der Waals surface area contributed by atoms with E-state index in [-0.39, 0.29) is 53.2 Å². The van der Waals surface area contributed by atoms with Gasteiger partial charge in [0.1, 0.15) is 24.0 Å². The number of imide groups is 1. The fraction of sp³-hybridized carbons (Fsp3) is 0.476. The number of rotatable bonds is 9. The van der Waals surface area contributed by atoms with E-state index >= 15 is 0 Å². The second-order valence-corrected chi connectivity index (χ2v) is 17.5. The third-order valence-corrected chi connectivity index (χ3v) is 12.8. The van der Waals surface area contributed by atoms with E-state index in [9.17, 15) is 24.4 Å². The van der Waals surface area contributed by atoms with Gasteiger partial charge in [0.15, 0.2) is 0 Å². The summed E-state index contributed by atoms with van der Waals surface area (Å²) in [4.78, 5) is 66.8. The van der Waals surface area contributed by atoms with E-state index in [0.717, 1.165) is 57.9 Å². The van der Waals surface area contributed by atoms with Crippen molar-refractivity contribution >= 4 is 51.7 Å². The maximum Gasteiger partial charge on any atom is 0.275 e. The summed E-state index contributed by atoms with van der Waals surface area (Å²) < 4.78 is 7.55. The van der Waals surface area contributed by atoms with Crippen LogP contribution in [0.1, 0.15) is 68.9 Å². The maximum absolute atomic E-state index is 13.4. The average Bonchev–Trinajstić information content (AvgIpc) is 3.68. The van der Waals surface area contributed by atoms with Crippen LogP contribution in [-0.4, -0.2) is 100 Å². The van der Waals surface area contributed by atoms with Gasteiger partial charge in [-0.25, -0.2) is 14.6 Å². The number of hydrogen-bond acceptors (Lipinski definition) is 12.